The van der Waals surface area contributed by atoms with Gasteiger partial charge in [-0.15, -0.1) is 0 Å². The van der Waals surface area contributed by atoms with Gasteiger partial charge in [0.1, 0.15) is 5.56 Å². The van der Waals surface area contributed by atoms with Crippen LogP contribution in [0.25, 0.3) is 5.95 Å². The Balaban J connectivity index is 2.11. The lowest BCUT2D eigenvalue weighted by Gasteiger charge is -2.16. The summed E-state index contributed by atoms with van der Waals surface area (Å²) in [5.74, 6) is -0.133. The molecule has 7 heteroatoms. The van der Waals surface area contributed by atoms with Crippen molar-refractivity contribution in [3.05, 3.63) is 39.1 Å². The molecule has 2 heterocycles. The quantitative estimate of drug-likeness (QED) is 0.776. The summed E-state index contributed by atoms with van der Waals surface area (Å²) in [5.41, 5.74) is 2.33. The lowest BCUT2D eigenvalue weighted by molar-refractivity contribution is 0.0600. The Hall–Kier alpha value is -2.44. The van der Waals surface area contributed by atoms with Gasteiger partial charge in [0.05, 0.1) is 24.7 Å². The molecule has 0 aliphatic heterocycles. The topological polar surface area (TPSA) is 89.9 Å². The van der Waals surface area contributed by atoms with Gasteiger partial charge in [-0.2, -0.15) is 5.10 Å². The summed E-state index contributed by atoms with van der Waals surface area (Å²) < 4.78 is 6.10. The molecule has 1 N–H and O–H groups in total. The Morgan fingerprint density at radius 1 is 1.47 bits per heavy atom. The number of aromatic nitrogens is 4. The number of hydrogen-bond acceptors (Lipinski definition) is 5. The van der Waals surface area contributed by atoms with Crippen LogP contribution in [0.15, 0.2) is 11.0 Å². The van der Waals surface area contributed by atoms with Gasteiger partial charge in [0.25, 0.3) is 5.56 Å². The smallest absolute Gasteiger partial charge is 0.341 e. The van der Waals surface area contributed by atoms with Crippen molar-refractivity contribution in [3.8, 4) is 5.95 Å². The monoisotopic (exact) mass is 260 g/mol. The number of hydrogen-bond donors (Lipinski definition) is 1. The first kappa shape index (κ1) is 11.6. The van der Waals surface area contributed by atoms with Crippen LogP contribution in [0.4, 0.5) is 0 Å². The molecule has 1 aliphatic carbocycles. The minimum atomic E-state index is -0.463. The zero-order chi connectivity index (χ0) is 13.6. The van der Waals surface area contributed by atoms with Gasteiger partial charge in [-0.1, -0.05) is 0 Å². The molecule has 0 amide bonds. The van der Waals surface area contributed by atoms with Crippen LogP contribution < -0.4 is 5.56 Å². The van der Waals surface area contributed by atoms with Crippen molar-refractivity contribution in [1.82, 2.24) is 19.7 Å². The molecular formula is C12H12N4O3. The maximum atomic E-state index is 11.8. The Labute approximate surface area is 108 Å². The molecule has 0 radical (unpaired) electrons. The van der Waals surface area contributed by atoms with Gasteiger partial charge in [0.15, 0.2) is 0 Å². The summed E-state index contributed by atoms with van der Waals surface area (Å²) in [6.07, 6.45) is 2.97. The van der Waals surface area contributed by atoms with Gasteiger partial charge in [0, 0.05) is 5.56 Å². The Morgan fingerprint density at radius 2 is 2.26 bits per heavy atom. The van der Waals surface area contributed by atoms with Crippen LogP contribution in [0.1, 0.15) is 27.3 Å². The first-order chi connectivity index (χ1) is 9.11. The molecule has 0 fully saturated rings. The van der Waals surface area contributed by atoms with Crippen LogP contribution in [0.2, 0.25) is 0 Å². The molecular weight excluding hydrogens is 248 g/mol. The third-order valence-corrected chi connectivity index (χ3v) is 3.32. The number of carbonyl (C=O) groups is 1. The number of aromatic amines is 1. The normalized spacial score (nSPS) is 12.7. The minimum absolute atomic E-state index is 0.138. The third kappa shape index (κ3) is 1.66. The predicted molar refractivity (Wildman–Crippen MR) is 65.5 cm³/mol. The van der Waals surface area contributed by atoms with E-state index in [9.17, 15) is 9.59 Å². The van der Waals surface area contributed by atoms with Crippen molar-refractivity contribution in [2.45, 2.75) is 19.8 Å². The van der Waals surface area contributed by atoms with E-state index in [0.29, 0.717) is 17.2 Å². The van der Waals surface area contributed by atoms with E-state index in [1.807, 2.05) is 0 Å². The Morgan fingerprint density at radius 3 is 2.84 bits per heavy atom. The molecule has 0 saturated heterocycles. The molecule has 0 spiro atoms. The molecule has 3 rings (SSSR count). The van der Waals surface area contributed by atoms with Crippen LogP contribution in [0.5, 0.6) is 0 Å². The zero-order valence-corrected chi connectivity index (χ0v) is 10.6. The fraction of sp³-hybridized carbons (Fsp3) is 0.333. The maximum absolute atomic E-state index is 11.8. The van der Waals surface area contributed by atoms with Crippen LogP contribution >= 0.6 is 0 Å². The van der Waals surface area contributed by atoms with Crippen LogP contribution in [-0.2, 0) is 17.6 Å². The summed E-state index contributed by atoms with van der Waals surface area (Å²) >= 11 is 0. The highest BCUT2D eigenvalue weighted by atomic mass is 16.5. The van der Waals surface area contributed by atoms with E-state index in [1.165, 1.54) is 18.0 Å². The number of ether oxygens (including phenoxy) is 1. The number of nitrogens with zero attached hydrogens (tertiary/aromatic N) is 3. The lowest BCUT2D eigenvalue weighted by atomic mass is 9.96. The number of methoxy groups -OCH3 is 1. The number of rotatable bonds is 2. The van der Waals surface area contributed by atoms with Crippen molar-refractivity contribution in [3.63, 3.8) is 0 Å². The maximum Gasteiger partial charge on any atom is 0.341 e. The highest BCUT2D eigenvalue weighted by Gasteiger charge is 2.22. The lowest BCUT2D eigenvalue weighted by Crippen LogP contribution is -2.28. The fourth-order valence-electron chi connectivity index (χ4n) is 2.10. The van der Waals surface area contributed by atoms with Crippen molar-refractivity contribution >= 4 is 5.97 Å². The molecule has 2 aromatic rings. The summed E-state index contributed by atoms with van der Waals surface area (Å²) in [6.45, 7) is 1.72. The van der Waals surface area contributed by atoms with E-state index in [1.54, 1.807) is 6.92 Å². The highest BCUT2D eigenvalue weighted by Crippen LogP contribution is 2.18. The average Bonchev–Trinajstić information content (AvgIpc) is 2.72. The fourth-order valence-corrected chi connectivity index (χ4v) is 2.10. The van der Waals surface area contributed by atoms with Crippen LogP contribution in [0, 0.1) is 6.92 Å². The summed E-state index contributed by atoms with van der Waals surface area (Å²) in [4.78, 5) is 30.3. The third-order valence-electron chi connectivity index (χ3n) is 3.32. The summed E-state index contributed by atoms with van der Waals surface area (Å²) in [7, 11) is 1.31. The van der Waals surface area contributed by atoms with Crippen molar-refractivity contribution < 1.29 is 9.53 Å². The van der Waals surface area contributed by atoms with E-state index in [2.05, 4.69) is 19.8 Å². The molecule has 0 atom stereocenters. The Bertz CT molecular complexity index is 729. The molecule has 0 saturated carbocycles. The molecule has 0 unspecified atom stereocenters. The molecule has 1 aliphatic rings. The van der Waals surface area contributed by atoms with Crippen LogP contribution in [0.3, 0.4) is 0 Å². The van der Waals surface area contributed by atoms with Gasteiger partial charge >= 0.3 is 5.97 Å². The van der Waals surface area contributed by atoms with Gasteiger partial charge < -0.3 is 4.74 Å². The second-order valence-electron chi connectivity index (χ2n) is 4.36. The first-order valence-electron chi connectivity index (χ1n) is 5.87. The molecule has 98 valence electrons. The second-order valence-corrected chi connectivity index (χ2v) is 4.36. The van der Waals surface area contributed by atoms with Crippen LogP contribution in [-0.4, -0.2) is 32.8 Å². The number of fused-ring (bicyclic) bond motifs is 1. The molecule has 2 aromatic heterocycles. The molecule has 0 aromatic carbocycles. The molecule has 0 bridgehead atoms. The summed E-state index contributed by atoms with van der Waals surface area (Å²) in [6, 6.07) is 0. The highest BCUT2D eigenvalue weighted by molar-refractivity contribution is 5.90. The number of carbonyl (C=O) groups excluding carboxylic acids is 1. The number of aryl methyl sites for hydroxylation is 1. The molecule has 7 nitrogen and oxygen atoms in total. The van der Waals surface area contributed by atoms with Gasteiger partial charge in [0.2, 0.25) is 5.95 Å². The minimum Gasteiger partial charge on any atom is -0.465 e. The van der Waals surface area contributed by atoms with E-state index in [4.69, 9.17) is 0 Å². The number of H-pyrrole nitrogens is 1. The zero-order valence-electron chi connectivity index (χ0n) is 10.6. The summed E-state index contributed by atoms with van der Waals surface area (Å²) in [5, 5.41) is 4.07. The number of esters is 1. The molecule has 19 heavy (non-hydrogen) atoms. The van der Waals surface area contributed by atoms with E-state index >= 15 is 0 Å². The standard InChI is InChI=1S/C12H12N4O3/c1-6-8(11(18)19-2)5-13-16(6)12-14-9-4-3-7(9)10(17)15-12/h5H,3-4H2,1-2H3,(H,14,15,17). The van der Waals surface area contributed by atoms with E-state index < -0.39 is 5.97 Å². The largest absolute Gasteiger partial charge is 0.465 e. The number of nitrogens with one attached hydrogen (secondary N) is 1. The van der Waals surface area contributed by atoms with E-state index in [0.717, 1.165) is 24.1 Å². The van der Waals surface area contributed by atoms with Crippen molar-refractivity contribution in [2.24, 2.45) is 0 Å². The second kappa shape index (κ2) is 4.04. The van der Waals surface area contributed by atoms with E-state index in [-0.39, 0.29) is 5.56 Å². The van der Waals surface area contributed by atoms with Crippen molar-refractivity contribution in [2.75, 3.05) is 7.11 Å². The van der Waals surface area contributed by atoms with Crippen molar-refractivity contribution in [1.29, 1.82) is 0 Å². The van der Waals surface area contributed by atoms with Gasteiger partial charge in [-0.05, 0) is 19.8 Å². The first-order valence-corrected chi connectivity index (χ1v) is 5.87. The Kier molecular flexibility index (Phi) is 2.48. The predicted octanol–water partition coefficient (Wildman–Crippen LogP) is 0.149. The van der Waals surface area contributed by atoms with Gasteiger partial charge in [-0.25, -0.2) is 14.5 Å². The SMILES string of the molecule is COC(=O)c1cnn(-c2nc3c(c(=O)[nH]2)CC3)c1C. The average molecular weight is 260 g/mol. The van der Waals surface area contributed by atoms with Gasteiger partial charge in [-0.3, -0.25) is 9.78 Å².